The molecule has 0 N–H and O–H groups in total. The number of anilines is 2. The molecule has 0 saturated carbocycles. The summed E-state index contributed by atoms with van der Waals surface area (Å²) in [5, 5.41) is 0. The first-order valence-electron chi connectivity index (χ1n) is 10.9. The Labute approximate surface area is 182 Å². The van der Waals surface area contributed by atoms with Crippen LogP contribution in [-0.2, 0) is 0 Å². The van der Waals surface area contributed by atoms with Gasteiger partial charge in [-0.1, -0.05) is 6.08 Å². The van der Waals surface area contributed by atoms with Crippen molar-refractivity contribution in [3.8, 4) is 22.7 Å². The van der Waals surface area contributed by atoms with Gasteiger partial charge in [0, 0.05) is 63.8 Å². The number of hydrogen-bond donors (Lipinski definition) is 0. The van der Waals surface area contributed by atoms with Crippen LogP contribution in [0.15, 0.2) is 53.9 Å². The van der Waals surface area contributed by atoms with Crippen molar-refractivity contribution in [2.45, 2.75) is 12.8 Å². The second-order valence-corrected chi connectivity index (χ2v) is 7.92. The Kier molecular flexibility index (Phi) is 5.62. The first kappa shape index (κ1) is 19.7. The van der Waals surface area contributed by atoms with Gasteiger partial charge in [0.15, 0.2) is 5.76 Å². The fourth-order valence-electron chi connectivity index (χ4n) is 4.19. The Morgan fingerprint density at radius 3 is 2.45 bits per heavy atom. The van der Waals surface area contributed by atoms with Crippen molar-refractivity contribution in [3.05, 3.63) is 49.5 Å². The molecule has 5 rings (SSSR count). The van der Waals surface area contributed by atoms with Crippen LogP contribution in [0.2, 0.25) is 0 Å². The average molecular weight is 418 g/mol. The van der Waals surface area contributed by atoms with Crippen LogP contribution >= 0.6 is 0 Å². The lowest BCUT2D eigenvalue weighted by Crippen LogP contribution is -2.46. The summed E-state index contributed by atoms with van der Waals surface area (Å²) in [6, 6.07) is 5.73. The largest absolute Gasteiger partial charge is 0.463 e. The van der Waals surface area contributed by atoms with Gasteiger partial charge in [-0.3, -0.25) is 4.90 Å². The highest BCUT2D eigenvalue weighted by Gasteiger charge is 2.22. The molecule has 8 heteroatoms. The topological polar surface area (TPSA) is 74.4 Å². The molecule has 0 radical (unpaired) electrons. The van der Waals surface area contributed by atoms with Crippen LogP contribution in [-0.4, -0.2) is 70.6 Å². The van der Waals surface area contributed by atoms with E-state index < -0.39 is 0 Å². The first-order chi connectivity index (χ1) is 15.3. The van der Waals surface area contributed by atoms with Crippen molar-refractivity contribution < 1.29 is 4.42 Å². The summed E-state index contributed by atoms with van der Waals surface area (Å²) < 4.78 is 5.72. The molecule has 0 unspecified atom stereocenters. The Morgan fingerprint density at radius 2 is 1.71 bits per heavy atom. The third-order valence-electron chi connectivity index (χ3n) is 5.88. The van der Waals surface area contributed by atoms with E-state index in [0.717, 1.165) is 74.7 Å². The van der Waals surface area contributed by atoms with Crippen LogP contribution in [0.3, 0.4) is 0 Å². The summed E-state index contributed by atoms with van der Waals surface area (Å²) in [6.45, 7) is 10.5. The van der Waals surface area contributed by atoms with Crippen LogP contribution < -0.4 is 9.80 Å². The summed E-state index contributed by atoms with van der Waals surface area (Å²) in [6.07, 6.45) is 9.67. The van der Waals surface area contributed by atoms with Gasteiger partial charge in [0.05, 0.1) is 12.0 Å². The van der Waals surface area contributed by atoms with Crippen molar-refractivity contribution in [3.63, 3.8) is 0 Å². The standard InChI is InChI=1S/C23H27N7O/c1-2-9-28-12-14-30(15-13-28)23-25-17-18(21(27-23)20-6-5-16-31-20)19-7-8-24-22(26-19)29-10-3-4-11-29/h2,5-8,16-17H,1,3-4,9-15H2. The van der Waals surface area contributed by atoms with Gasteiger partial charge in [0.2, 0.25) is 11.9 Å². The molecule has 5 heterocycles. The van der Waals surface area contributed by atoms with Crippen LogP contribution in [0.4, 0.5) is 11.9 Å². The molecule has 2 aliphatic rings. The van der Waals surface area contributed by atoms with E-state index in [9.17, 15) is 0 Å². The summed E-state index contributed by atoms with van der Waals surface area (Å²) in [4.78, 5) is 25.8. The van der Waals surface area contributed by atoms with Gasteiger partial charge in [-0.25, -0.2) is 19.9 Å². The number of furan rings is 1. The van der Waals surface area contributed by atoms with Crippen LogP contribution in [0.5, 0.6) is 0 Å². The van der Waals surface area contributed by atoms with E-state index >= 15 is 0 Å². The van der Waals surface area contributed by atoms with E-state index in [0.29, 0.717) is 5.76 Å². The van der Waals surface area contributed by atoms with E-state index in [-0.39, 0.29) is 0 Å². The second kappa shape index (κ2) is 8.85. The number of rotatable bonds is 6. The van der Waals surface area contributed by atoms with E-state index in [1.807, 2.05) is 36.7 Å². The summed E-state index contributed by atoms with van der Waals surface area (Å²) >= 11 is 0. The predicted molar refractivity (Wildman–Crippen MR) is 121 cm³/mol. The highest BCUT2D eigenvalue weighted by Crippen LogP contribution is 2.31. The monoisotopic (exact) mass is 417 g/mol. The van der Waals surface area contributed by atoms with Gasteiger partial charge in [-0.2, -0.15) is 0 Å². The molecule has 2 aliphatic heterocycles. The number of nitrogens with zero attached hydrogens (tertiary/aromatic N) is 7. The average Bonchev–Trinajstić information content (AvgIpc) is 3.54. The third kappa shape index (κ3) is 4.16. The molecule has 3 aromatic heterocycles. The highest BCUT2D eigenvalue weighted by atomic mass is 16.3. The van der Waals surface area contributed by atoms with Crippen molar-refractivity contribution >= 4 is 11.9 Å². The van der Waals surface area contributed by atoms with Crippen LogP contribution in [0.1, 0.15) is 12.8 Å². The minimum atomic E-state index is 0.713. The van der Waals surface area contributed by atoms with Gasteiger partial charge < -0.3 is 14.2 Å². The molecule has 0 aromatic carbocycles. The summed E-state index contributed by atoms with van der Waals surface area (Å²) in [7, 11) is 0. The van der Waals surface area contributed by atoms with Gasteiger partial charge in [-0.15, -0.1) is 6.58 Å². The number of piperazine rings is 1. The normalized spacial score (nSPS) is 17.3. The maximum atomic E-state index is 5.72. The Bertz CT molecular complexity index is 1020. The fraction of sp³-hybridized carbons (Fsp3) is 0.391. The number of aromatic nitrogens is 4. The molecule has 0 bridgehead atoms. The zero-order valence-electron chi connectivity index (χ0n) is 17.7. The van der Waals surface area contributed by atoms with Gasteiger partial charge in [0.1, 0.15) is 5.69 Å². The SMILES string of the molecule is C=CCN1CCN(c2ncc(-c3ccnc(N4CCCC4)n3)c(-c3ccco3)n2)CC1. The summed E-state index contributed by atoms with van der Waals surface area (Å²) in [5.74, 6) is 2.20. The number of hydrogen-bond acceptors (Lipinski definition) is 8. The molecule has 160 valence electrons. The first-order valence-corrected chi connectivity index (χ1v) is 10.9. The van der Waals surface area contributed by atoms with Crippen molar-refractivity contribution in [1.29, 1.82) is 0 Å². The van der Waals surface area contributed by atoms with Crippen LogP contribution in [0, 0.1) is 0 Å². The molecule has 3 aromatic rings. The van der Waals surface area contributed by atoms with Crippen molar-refractivity contribution in [1.82, 2.24) is 24.8 Å². The molecule has 2 fully saturated rings. The quantitative estimate of drug-likeness (QED) is 0.567. The maximum Gasteiger partial charge on any atom is 0.226 e. The van der Waals surface area contributed by atoms with Crippen molar-refractivity contribution in [2.75, 3.05) is 55.6 Å². The zero-order chi connectivity index (χ0) is 21.0. The minimum absolute atomic E-state index is 0.713. The lowest BCUT2D eigenvalue weighted by molar-refractivity contribution is 0.283. The maximum absolute atomic E-state index is 5.72. The lowest BCUT2D eigenvalue weighted by atomic mass is 10.1. The molecule has 0 spiro atoms. The minimum Gasteiger partial charge on any atom is -0.463 e. The zero-order valence-corrected chi connectivity index (χ0v) is 17.7. The highest BCUT2D eigenvalue weighted by molar-refractivity contribution is 5.77. The Hall–Kier alpha value is -3.26. The van der Waals surface area contributed by atoms with E-state index in [1.165, 1.54) is 12.8 Å². The molecule has 2 saturated heterocycles. The molecular formula is C23H27N7O. The molecular weight excluding hydrogens is 390 g/mol. The molecule has 8 nitrogen and oxygen atoms in total. The van der Waals surface area contributed by atoms with E-state index in [4.69, 9.17) is 19.4 Å². The van der Waals surface area contributed by atoms with Gasteiger partial charge >= 0.3 is 0 Å². The third-order valence-corrected chi connectivity index (χ3v) is 5.88. The Morgan fingerprint density at radius 1 is 0.935 bits per heavy atom. The molecule has 0 atom stereocenters. The molecule has 0 amide bonds. The molecule has 31 heavy (non-hydrogen) atoms. The van der Waals surface area contributed by atoms with Gasteiger partial charge in [-0.05, 0) is 31.0 Å². The predicted octanol–water partition coefficient (Wildman–Crippen LogP) is 3.10. The van der Waals surface area contributed by atoms with E-state index in [1.54, 1.807) is 6.26 Å². The van der Waals surface area contributed by atoms with Crippen molar-refractivity contribution in [2.24, 2.45) is 0 Å². The smallest absolute Gasteiger partial charge is 0.226 e. The Balaban J connectivity index is 1.47. The lowest BCUT2D eigenvalue weighted by Gasteiger charge is -2.34. The van der Waals surface area contributed by atoms with E-state index in [2.05, 4.69) is 26.3 Å². The second-order valence-electron chi connectivity index (χ2n) is 7.92. The summed E-state index contributed by atoms with van der Waals surface area (Å²) in [5.41, 5.74) is 2.42. The van der Waals surface area contributed by atoms with Crippen LogP contribution in [0.25, 0.3) is 22.7 Å². The fourth-order valence-corrected chi connectivity index (χ4v) is 4.19. The molecule has 0 aliphatic carbocycles. The van der Waals surface area contributed by atoms with Gasteiger partial charge in [0.25, 0.3) is 0 Å².